The van der Waals surface area contributed by atoms with Crippen molar-refractivity contribution >= 4 is 11.9 Å². The number of ether oxygens (including phenoxy) is 1. The first-order valence-corrected chi connectivity index (χ1v) is 8.09. The van der Waals surface area contributed by atoms with Crippen LogP contribution in [0.5, 0.6) is 0 Å². The summed E-state index contributed by atoms with van der Waals surface area (Å²) in [5, 5.41) is 2.82. The van der Waals surface area contributed by atoms with Crippen LogP contribution in [0, 0.1) is 5.92 Å². The van der Waals surface area contributed by atoms with Crippen molar-refractivity contribution in [2.75, 3.05) is 26.2 Å². The molecule has 6 nitrogen and oxygen atoms in total. The summed E-state index contributed by atoms with van der Waals surface area (Å²) in [5.41, 5.74) is -0.488. The molecule has 1 saturated heterocycles. The van der Waals surface area contributed by atoms with E-state index in [1.54, 1.807) is 12.1 Å². The molecule has 1 amide bonds. The molecule has 1 fully saturated rings. The first kappa shape index (κ1) is 17.5. The molecule has 1 aliphatic heterocycles. The van der Waals surface area contributed by atoms with E-state index in [2.05, 4.69) is 10.2 Å². The molecule has 0 aliphatic carbocycles. The second-order valence-corrected chi connectivity index (χ2v) is 7.03. The molecule has 1 N–H and O–H groups in total. The number of alkyl carbamates (subject to hydrolysis) is 1. The molecular weight excluding hydrogens is 296 g/mol. The number of amides is 1. The predicted molar refractivity (Wildman–Crippen MR) is 86.4 cm³/mol. The quantitative estimate of drug-likeness (QED) is 0.844. The summed E-state index contributed by atoms with van der Waals surface area (Å²) in [6, 6.07) is 3.41. The molecule has 1 aliphatic rings. The largest absolute Gasteiger partial charge is 0.461 e. The van der Waals surface area contributed by atoms with E-state index >= 15 is 0 Å². The summed E-state index contributed by atoms with van der Waals surface area (Å²) < 4.78 is 10.4. The summed E-state index contributed by atoms with van der Waals surface area (Å²) in [4.78, 5) is 25.9. The number of furan rings is 1. The van der Waals surface area contributed by atoms with Crippen LogP contribution >= 0.6 is 0 Å². The van der Waals surface area contributed by atoms with Crippen molar-refractivity contribution in [1.82, 2.24) is 10.2 Å². The highest BCUT2D eigenvalue weighted by atomic mass is 16.6. The minimum absolute atomic E-state index is 0.00393. The monoisotopic (exact) mass is 322 g/mol. The molecule has 6 heteroatoms. The highest BCUT2D eigenvalue weighted by Crippen LogP contribution is 2.17. The molecule has 1 aromatic heterocycles. The predicted octanol–water partition coefficient (Wildman–Crippen LogP) is 2.70. The van der Waals surface area contributed by atoms with Gasteiger partial charge in [-0.25, -0.2) is 4.79 Å². The fourth-order valence-electron chi connectivity index (χ4n) is 2.72. The van der Waals surface area contributed by atoms with Gasteiger partial charge < -0.3 is 14.5 Å². The standard InChI is InChI=1S/C17H26N2O4/c1-17(2,3)23-16(21)18-10-13-6-4-8-19(11-13)12-14(20)15-7-5-9-22-15/h5,7,9,13H,4,6,8,10-12H2,1-3H3,(H,18,21)/t13-/m0/s1. The summed E-state index contributed by atoms with van der Waals surface area (Å²) in [7, 11) is 0. The third-order valence-corrected chi connectivity index (χ3v) is 3.70. The Bertz CT molecular complexity index is 519. The van der Waals surface area contributed by atoms with E-state index in [-0.39, 0.29) is 11.9 Å². The fourth-order valence-corrected chi connectivity index (χ4v) is 2.72. The number of nitrogens with one attached hydrogen (secondary N) is 1. The summed E-state index contributed by atoms with van der Waals surface area (Å²) in [5.74, 6) is 0.732. The molecule has 1 atom stereocenters. The van der Waals surface area contributed by atoms with Crippen LogP contribution < -0.4 is 5.32 Å². The van der Waals surface area contributed by atoms with Gasteiger partial charge in [0.05, 0.1) is 12.8 Å². The lowest BCUT2D eigenvalue weighted by Gasteiger charge is -2.32. The first-order valence-electron chi connectivity index (χ1n) is 8.09. The van der Waals surface area contributed by atoms with Crippen LogP contribution in [0.2, 0.25) is 0 Å². The Balaban J connectivity index is 1.75. The zero-order chi connectivity index (χ0) is 16.9. The van der Waals surface area contributed by atoms with Crippen LogP contribution in [-0.4, -0.2) is 48.6 Å². The number of likely N-dealkylation sites (tertiary alicyclic amines) is 1. The van der Waals surface area contributed by atoms with Crippen molar-refractivity contribution < 1.29 is 18.7 Å². The van der Waals surface area contributed by atoms with Gasteiger partial charge in [-0.3, -0.25) is 9.69 Å². The smallest absolute Gasteiger partial charge is 0.407 e. The van der Waals surface area contributed by atoms with Gasteiger partial charge in [0.15, 0.2) is 5.76 Å². The number of Topliss-reactive ketones (excluding diaryl/α,β-unsaturated/α-hetero) is 1. The molecule has 0 bridgehead atoms. The average Bonchev–Trinajstić information content (AvgIpc) is 2.98. The number of carbonyl (C=O) groups is 2. The molecule has 2 heterocycles. The van der Waals surface area contributed by atoms with Crippen molar-refractivity contribution in [3.05, 3.63) is 24.2 Å². The number of carbonyl (C=O) groups excluding carboxylic acids is 2. The van der Waals surface area contributed by atoms with Crippen LogP contribution in [0.1, 0.15) is 44.2 Å². The molecule has 128 valence electrons. The lowest BCUT2D eigenvalue weighted by molar-refractivity contribution is 0.0504. The van der Waals surface area contributed by atoms with E-state index in [0.717, 1.165) is 25.9 Å². The normalized spacial score (nSPS) is 19.3. The highest BCUT2D eigenvalue weighted by Gasteiger charge is 2.24. The van der Waals surface area contributed by atoms with E-state index < -0.39 is 5.60 Å². The Kier molecular flexibility index (Phi) is 5.82. The van der Waals surface area contributed by atoms with Gasteiger partial charge in [0.1, 0.15) is 5.60 Å². The third-order valence-electron chi connectivity index (χ3n) is 3.70. The van der Waals surface area contributed by atoms with Gasteiger partial charge in [-0.05, 0) is 58.2 Å². The average molecular weight is 322 g/mol. The maximum atomic E-state index is 12.1. The van der Waals surface area contributed by atoms with Crippen molar-refractivity contribution in [3.8, 4) is 0 Å². The van der Waals surface area contributed by atoms with Crippen molar-refractivity contribution in [2.24, 2.45) is 5.92 Å². The number of hydrogen-bond acceptors (Lipinski definition) is 5. The zero-order valence-corrected chi connectivity index (χ0v) is 14.1. The number of piperidine rings is 1. The first-order chi connectivity index (χ1) is 10.8. The van der Waals surface area contributed by atoms with Gasteiger partial charge in [0, 0.05) is 13.1 Å². The maximum Gasteiger partial charge on any atom is 0.407 e. The van der Waals surface area contributed by atoms with E-state index in [1.807, 2.05) is 20.8 Å². The second kappa shape index (κ2) is 7.64. The van der Waals surface area contributed by atoms with Gasteiger partial charge in [0.25, 0.3) is 0 Å². The topological polar surface area (TPSA) is 71.8 Å². The molecule has 0 saturated carbocycles. The van der Waals surface area contributed by atoms with Crippen LogP contribution in [0.4, 0.5) is 4.79 Å². The van der Waals surface area contributed by atoms with E-state index in [4.69, 9.17) is 9.15 Å². The molecule has 23 heavy (non-hydrogen) atoms. The number of hydrogen-bond donors (Lipinski definition) is 1. The Labute approximate surface area is 137 Å². The van der Waals surface area contributed by atoms with E-state index in [9.17, 15) is 9.59 Å². The van der Waals surface area contributed by atoms with Crippen LogP contribution in [0.25, 0.3) is 0 Å². The molecule has 0 unspecified atom stereocenters. The van der Waals surface area contributed by atoms with E-state index in [0.29, 0.717) is 24.8 Å². The zero-order valence-electron chi connectivity index (χ0n) is 14.1. The van der Waals surface area contributed by atoms with E-state index in [1.165, 1.54) is 6.26 Å². The van der Waals surface area contributed by atoms with Gasteiger partial charge in [-0.15, -0.1) is 0 Å². The minimum Gasteiger partial charge on any atom is -0.461 e. The Hall–Kier alpha value is -1.82. The lowest BCUT2D eigenvalue weighted by atomic mass is 9.98. The Morgan fingerprint density at radius 3 is 2.87 bits per heavy atom. The fraction of sp³-hybridized carbons (Fsp3) is 0.647. The third kappa shape index (κ3) is 6.06. The molecule has 0 spiro atoms. The molecule has 0 radical (unpaired) electrons. The van der Waals surface area contributed by atoms with Crippen LogP contribution in [0.15, 0.2) is 22.8 Å². The number of ketones is 1. The van der Waals surface area contributed by atoms with Crippen LogP contribution in [-0.2, 0) is 4.74 Å². The minimum atomic E-state index is -0.488. The van der Waals surface area contributed by atoms with Gasteiger partial charge in [-0.2, -0.15) is 0 Å². The Morgan fingerprint density at radius 2 is 2.22 bits per heavy atom. The summed E-state index contributed by atoms with van der Waals surface area (Å²) in [6.45, 7) is 8.15. The number of nitrogens with zero attached hydrogens (tertiary/aromatic N) is 1. The van der Waals surface area contributed by atoms with Gasteiger partial charge in [0.2, 0.25) is 5.78 Å². The number of rotatable bonds is 5. The molecule has 2 rings (SSSR count). The van der Waals surface area contributed by atoms with Gasteiger partial charge in [-0.1, -0.05) is 0 Å². The SMILES string of the molecule is CC(C)(C)OC(=O)NC[C@@H]1CCCN(CC(=O)c2ccco2)C1. The van der Waals surface area contributed by atoms with Crippen molar-refractivity contribution in [1.29, 1.82) is 0 Å². The molecular formula is C17H26N2O4. The summed E-state index contributed by atoms with van der Waals surface area (Å²) >= 11 is 0. The van der Waals surface area contributed by atoms with Crippen molar-refractivity contribution in [3.63, 3.8) is 0 Å². The lowest BCUT2D eigenvalue weighted by Crippen LogP contribution is -2.43. The highest BCUT2D eigenvalue weighted by molar-refractivity contribution is 5.95. The summed E-state index contributed by atoms with van der Waals surface area (Å²) in [6.07, 6.45) is 3.19. The van der Waals surface area contributed by atoms with Gasteiger partial charge >= 0.3 is 6.09 Å². The molecule has 1 aromatic rings. The van der Waals surface area contributed by atoms with Crippen LogP contribution in [0.3, 0.4) is 0 Å². The Morgan fingerprint density at radius 1 is 1.43 bits per heavy atom. The maximum absolute atomic E-state index is 12.1. The second-order valence-electron chi connectivity index (χ2n) is 7.03. The molecule has 0 aromatic carbocycles. The van der Waals surface area contributed by atoms with Crippen molar-refractivity contribution in [2.45, 2.75) is 39.2 Å².